The van der Waals surface area contributed by atoms with E-state index in [1.165, 1.54) is 0 Å². The van der Waals surface area contributed by atoms with Gasteiger partial charge in [0.25, 0.3) is 0 Å². The van der Waals surface area contributed by atoms with E-state index >= 15 is 0 Å². The summed E-state index contributed by atoms with van der Waals surface area (Å²) in [6, 6.07) is 0. The van der Waals surface area contributed by atoms with Crippen LogP contribution in [-0.2, 0) is 10.7 Å². The molecule has 2 nitrogen and oxygen atoms in total. The van der Waals surface area contributed by atoms with Gasteiger partial charge in [-0.15, -0.1) is 0 Å². The first kappa shape index (κ1) is 5.62. The van der Waals surface area contributed by atoms with Crippen LogP contribution < -0.4 is 0 Å². The quantitative estimate of drug-likeness (QED) is 0.483. The summed E-state index contributed by atoms with van der Waals surface area (Å²) in [5.41, 5.74) is 0. The van der Waals surface area contributed by atoms with E-state index in [-0.39, 0.29) is 0 Å². The summed E-state index contributed by atoms with van der Waals surface area (Å²) in [7, 11) is -3.02. The Bertz CT molecular complexity index is 118. The first-order chi connectivity index (χ1) is 2.64. The Balaban J connectivity index is 3.94. The minimum atomic E-state index is -3.02. The van der Waals surface area contributed by atoms with E-state index < -0.39 is 15.9 Å². The Morgan fingerprint density at radius 3 is 1.83 bits per heavy atom. The summed E-state index contributed by atoms with van der Waals surface area (Å²) >= 11 is 0. The average Bonchev–Trinajstić information content (AvgIpc) is 1.36. The zero-order valence-electron chi connectivity index (χ0n) is 2.85. The monoisotopic (exact) mass is 110 g/mol. The van der Waals surface area contributed by atoms with Gasteiger partial charge < -0.3 is 0 Å². The highest BCUT2D eigenvalue weighted by molar-refractivity contribution is 7.76. The lowest BCUT2D eigenvalue weighted by Gasteiger charge is -1.66. The van der Waals surface area contributed by atoms with E-state index in [0.717, 1.165) is 0 Å². The molecule has 0 saturated heterocycles. The Labute approximate surface area is 36.2 Å². The van der Waals surface area contributed by atoms with Crippen LogP contribution in [-0.4, -0.2) is 8.42 Å². The number of hydrogen-bond donors (Lipinski definition) is 1. The summed E-state index contributed by atoms with van der Waals surface area (Å²) in [6.45, 7) is 2.49. The molecule has 0 aromatic carbocycles. The molecule has 0 aliphatic heterocycles. The predicted molar refractivity (Wildman–Crippen MR) is 20.6 cm³/mol. The molecule has 0 saturated carbocycles. The van der Waals surface area contributed by atoms with Gasteiger partial charge >= 0.3 is 0 Å². The Morgan fingerprint density at radius 2 is 1.83 bits per heavy atom. The lowest BCUT2D eigenvalue weighted by atomic mass is 11.2. The van der Waals surface area contributed by atoms with Crippen LogP contribution in [0.1, 0.15) is 0 Å². The molecule has 0 radical (unpaired) electrons. The van der Waals surface area contributed by atoms with Crippen LogP contribution in [0.4, 0.5) is 4.39 Å². The third-order valence-corrected chi connectivity index (χ3v) is 0.594. The van der Waals surface area contributed by atoms with Gasteiger partial charge in [-0.1, -0.05) is 6.58 Å². The van der Waals surface area contributed by atoms with Crippen molar-refractivity contribution in [3.05, 3.63) is 11.7 Å². The third-order valence-electron chi connectivity index (χ3n) is 0.198. The first-order valence-electron chi connectivity index (χ1n) is 1.13. The summed E-state index contributed by atoms with van der Waals surface area (Å²) < 4.78 is 29.6. The molecular weight excluding hydrogens is 107 g/mol. The van der Waals surface area contributed by atoms with Crippen molar-refractivity contribution >= 4 is 10.7 Å². The van der Waals surface area contributed by atoms with Gasteiger partial charge in [0.05, 0.1) is 0 Å². The Kier molecular flexibility index (Phi) is 1.80. The molecule has 0 atom stereocenters. The van der Waals surface area contributed by atoms with E-state index in [1.807, 2.05) is 0 Å². The van der Waals surface area contributed by atoms with Gasteiger partial charge in [-0.3, -0.25) is 0 Å². The molecule has 0 unspecified atom stereocenters. The van der Waals surface area contributed by atoms with Crippen molar-refractivity contribution in [1.29, 1.82) is 0 Å². The van der Waals surface area contributed by atoms with Crippen molar-refractivity contribution in [3.8, 4) is 0 Å². The molecule has 0 spiro atoms. The standard InChI is InChI=1S/C2H3FO2S/c1-2(3)6(4)5/h6H,1H2. The SMILES string of the molecule is C=C(F)[SH](=O)=O. The molecule has 0 rings (SSSR count). The maximum absolute atomic E-state index is 11.0. The number of hydrogen-bond acceptors (Lipinski definition) is 2. The van der Waals surface area contributed by atoms with Gasteiger partial charge in [0.2, 0.25) is 5.16 Å². The number of rotatable bonds is 1. The van der Waals surface area contributed by atoms with Crippen molar-refractivity contribution in [2.75, 3.05) is 0 Å². The average molecular weight is 110 g/mol. The van der Waals surface area contributed by atoms with E-state index in [0.29, 0.717) is 0 Å². The lowest BCUT2D eigenvalue weighted by molar-refractivity contribution is 0.596. The second-order valence-electron chi connectivity index (χ2n) is 0.633. The van der Waals surface area contributed by atoms with Crippen LogP contribution in [0.2, 0.25) is 0 Å². The van der Waals surface area contributed by atoms with Crippen LogP contribution >= 0.6 is 0 Å². The maximum Gasteiger partial charge on any atom is 0.204 e. The smallest absolute Gasteiger partial charge is 0.204 e. The van der Waals surface area contributed by atoms with Crippen molar-refractivity contribution < 1.29 is 12.8 Å². The molecule has 0 aliphatic carbocycles. The molecule has 36 valence electrons. The summed E-state index contributed by atoms with van der Waals surface area (Å²) in [6.07, 6.45) is 0. The zero-order valence-corrected chi connectivity index (χ0v) is 3.74. The molecule has 0 aromatic heterocycles. The third kappa shape index (κ3) is 1.90. The van der Waals surface area contributed by atoms with E-state index in [1.54, 1.807) is 0 Å². The van der Waals surface area contributed by atoms with E-state index in [9.17, 15) is 12.8 Å². The maximum atomic E-state index is 11.0. The minimum absolute atomic E-state index is 1.29. The molecule has 0 bridgehead atoms. The number of halogens is 1. The molecule has 0 aromatic rings. The van der Waals surface area contributed by atoms with Crippen molar-refractivity contribution in [1.82, 2.24) is 0 Å². The van der Waals surface area contributed by atoms with Crippen LogP contribution in [0.3, 0.4) is 0 Å². The van der Waals surface area contributed by atoms with Crippen LogP contribution in [0.15, 0.2) is 11.7 Å². The van der Waals surface area contributed by atoms with E-state index in [2.05, 4.69) is 6.58 Å². The topological polar surface area (TPSA) is 34.1 Å². The second kappa shape index (κ2) is 1.92. The zero-order chi connectivity index (χ0) is 5.15. The van der Waals surface area contributed by atoms with E-state index in [4.69, 9.17) is 0 Å². The van der Waals surface area contributed by atoms with Crippen LogP contribution in [0.5, 0.6) is 0 Å². The molecule has 0 fully saturated rings. The van der Waals surface area contributed by atoms with Crippen molar-refractivity contribution in [2.45, 2.75) is 0 Å². The fraction of sp³-hybridized carbons (Fsp3) is 0. The highest BCUT2D eigenvalue weighted by Gasteiger charge is 1.83. The normalized spacial score (nSPS) is 9.00. The van der Waals surface area contributed by atoms with Crippen molar-refractivity contribution in [3.63, 3.8) is 0 Å². The molecule has 0 N–H and O–H groups in total. The number of thiol groups is 1. The van der Waals surface area contributed by atoms with Crippen LogP contribution in [0, 0.1) is 0 Å². The first-order valence-corrected chi connectivity index (χ1v) is 2.31. The Hall–Kier alpha value is -0.380. The van der Waals surface area contributed by atoms with Gasteiger partial charge in [-0.2, -0.15) is 4.39 Å². The lowest BCUT2D eigenvalue weighted by Crippen LogP contribution is -1.67. The van der Waals surface area contributed by atoms with Gasteiger partial charge in [0.1, 0.15) is 0 Å². The molecule has 6 heavy (non-hydrogen) atoms. The largest absolute Gasteiger partial charge is 0.224 e. The van der Waals surface area contributed by atoms with Gasteiger partial charge in [0.15, 0.2) is 10.7 Å². The minimum Gasteiger partial charge on any atom is -0.224 e. The summed E-state index contributed by atoms with van der Waals surface area (Å²) in [5.74, 6) is 0. The fourth-order valence-corrected chi connectivity index (χ4v) is 0. The van der Waals surface area contributed by atoms with Gasteiger partial charge in [-0.05, 0) is 0 Å². The van der Waals surface area contributed by atoms with Crippen LogP contribution in [0.25, 0.3) is 0 Å². The van der Waals surface area contributed by atoms with Crippen molar-refractivity contribution in [2.24, 2.45) is 0 Å². The fourth-order valence-electron chi connectivity index (χ4n) is 0. The molecule has 4 heteroatoms. The highest BCUT2D eigenvalue weighted by Crippen LogP contribution is 1.86. The molecular formula is C2H3FO2S. The molecule has 0 amide bonds. The van der Waals surface area contributed by atoms with Gasteiger partial charge in [-0.25, -0.2) is 8.42 Å². The molecule has 0 aliphatic rings. The summed E-state index contributed by atoms with van der Waals surface area (Å²) in [5, 5.41) is -1.29. The Morgan fingerprint density at radius 1 is 1.67 bits per heavy atom. The second-order valence-corrected chi connectivity index (χ2v) is 1.63. The summed E-state index contributed by atoms with van der Waals surface area (Å²) in [4.78, 5) is 0. The van der Waals surface area contributed by atoms with Gasteiger partial charge in [0, 0.05) is 0 Å². The molecule has 0 heterocycles. The predicted octanol–water partition coefficient (Wildman–Crippen LogP) is 0.0385. The highest BCUT2D eigenvalue weighted by atomic mass is 32.2.